The zero-order valence-electron chi connectivity index (χ0n) is 31.5. The lowest BCUT2D eigenvalue weighted by atomic mass is 9.74. The van der Waals surface area contributed by atoms with Gasteiger partial charge in [-0.05, 0) is 133 Å². The number of methoxy groups -OCH3 is 1. The van der Waals surface area contributed by atoms with E-state index >= 15 is 0 Å². The molecule has 270 valence electrons. The standard InChI is InChI=1S/C40H56NO6.CH3Br/c1-26(40(8,36(42)46-38(2,3)4)37(43)47-39(5,6)7)14-11-10-12-21-45-35-32-25-41-20-19-30-22-27-15-13-16-28(27)23-31(30)33(41)24-29(32)17-18-34(35)44-9;1-2/h17-18,22-26,36,42H,10-16,19-21H2,1-9H3;1H3/q+1;. The molecule has 2 aliphatic rings. The van der Waals surface area contributed by atoms with Crippen LogP contribution < -0.4 is 14.0 Å². The number of fused-ring (bicyclic) bond motifs is 5. The van der Waals surface area contributed by atoms with Gasteiger partial charge in [0, 0.05) is 18.1 Å². The monoisotopic (exact) mass is 740 g/mol. The summed E-state index contributed by atoms with van der Waals surface area (Å²) in [7, 11) is 1.69. The number of alkyl halides is 1. The first-order valence-electron chi connectivity index (χ1n) is 17.9. The van der Waals surface area contributed by atoms with Gasteiger partial charge >= 0.3 is 5.97 Å². The summed E-state index contributed by atoms with van der Waals surface area (Å²) < 4.78 is 26.2. The van der Waals surface area contributed by atoms with E-state index in [1.165, 1.54) is 47.2 Å². The smallest absolute Gasteiger partial charge is 0.317 e. The van der Waals surface area contributed by atoms with E-state index in [2.05, 4.69) is 51.0 Å². The molecular weight excluding hydrogens is 682 g/mol. The summed E-state index contributed by atoms with van der Waals surface area (Å²) in [5.41, 5.74) is 4.68. The second kappa shape index (κ2) is 16.1. The molecule has 1 N–H and O–H groups in total. The number of aromatic nitrogens is 1. The van der Waals surface area contributed by atoms with Crippen molar-refractivity contribution in [2.45, 2.75) is 131 Å². The normalized spacial score (nSPS) is 16.3. The molecule has 3 unspecified atom stereocenters. The van der Waals surface area contributed by atoms with E-state index < -0.39 is 28.9 Å². The van der Waals surface area contributed by atoms with E-state index in [9.17, 15) is 9.90 Å². The Morgan fingerprint density at radius 1 is 0.918 bits per heavy atom. The van der Waals surface area contributed by atoms with Gasteiger partial charge in [0.1, 0.15) is 11.0 Å². The Labute approximate surface area is 302 Å². The molecule has 7 nitrogen and oxygen atoms in total. The highest BCUT2D eigenvalue weighted by Crippen LogP contribution is 2.41. The van der Waals surface area contributed by atoms with Gasteiger partial charge < -0.3 is 24.1 Å². The summed E-state index contributed by atoms with van der Waals surface area (Å²) in [5, 5.41) is 13.4. The van der Waals surface area contributed by atoms with Gasteiger partial charge in [-0.1, -0.05) is 41.8 Å². The van der Waals surface area contributed by atoms with E-state index in [-0.39, 0.29) is 5.92 Å². The molecule has 0 radical (unpaired) electrons. The quantitative estimate of drug-likeness (QED) is 0.0657. The number of pyridine rings is 1. The van der Waals surface area contributed by atoms with Crippen LogP contribution in [0.5, 0.6) is 11.5 Å². The van der Waals surface area contributed by atoms with Crippen LogP contribution >= 0.6 is 15.9 Å². The zero-order valence-corrected chi connectivity index (χ0v) is 33.1. The van der Waals surface area contributed by atoms with E-state index in [1.54, 1.807) is 14.0 Å². The summed E-state index contributed by atoms with van der Waals surface area (Å²) in [6, 6.07) is 11.3. The Morgan fingerprint density at radius 3 is 2.27 bits per heavy atom. The maximum atomic E-state index is 13.4. The number of aryl methyl sites for hydroxylation is 4. The zero-order chi connectivity index (χ0) is 36.1. The fraction of sp³-hybridized carbons (Fsp3) is 0.610. The Kier molecular flexibility index (Phi) is 12.9. The second-order valence-corrected chi connectivity index (χ2v) is 15.8. The number of carbonyl (C=O) groups excluding carboxylic acids is 1. The lowest BCUT2D eigenvalue weighted by Gasteiger charge is -2.41. The third-order valence-electron chi connectivity index (χ3n) is 9.88. The lowest BCUT2D eigenvalue weighted by molar-refractivity contribution is -0.686. The van der Waals surface area contributed by atoms with Crippen LogP contribution in [0.3, 0.4) is 0 Å². The Balaban J connectivity index is 0.00000265. The molecule has 8 heteroatoms. The van der Waals surface area contributed by atoms with Gasteiger partial charge in [0.15, 0.2) is 30.5 Å². The predicted molar refractivity (Wildman–Crippen MR) is 201 cm³/mol. The molecule has 1 aliphatic carbocycles. The third kappa shape index (κ3) is 9.17. The number of unbranched alkanes of at least 4 members (excludes halogenated alkanes) is 2. The van der Waals surface area contributed by atoms with Gasteiger partial charge in [0.2, 0.25) is 5.69 Å². The van der Waals surface area contributed by atoms with Crippen molar-refractivity contribution in [3.8, 4) is 22.8 Å². The summed E-state index contributed by atoms with van der Waals surface area (Å²) in [4.78, 5) is 13.4. The summed E-state index contributed by atoms with van der Waals surface area (Å²) >= 11 is 2.94. The van der Waals surface area contributed by atoms with Crippen LogP contribution in [0.1, 0.15) is 104 Å². The number of benzene rings is 2. The van der Waals surface area contributed by atoms with Crippen LogP contribution in [0, 0.1) is 11.3 Å². The number of ether oxygens (including phenoxy) is 4. The third-order valence-corrected chi connectivity index (χ3v) is 9.88. The van der Waals surface area contributed by atoms with Gasteiger partial charge in [-0.2, -0.15) is 4.57 Å². The number of hydrogen-bond donors (Lipinski definition) is 1. The molecule has 2 aromatic carbocycles. The number of halogens is 1. The van der Waals surface area contributed by atoms with Crippen molar-refractivity contribution < 1.29 is 33.4 Å². The molecule has 0 spiro atoms. The van der Waals surface area contributed by atoms with Crippen molar-refractivity contribution in [2.24, 2.45) is 11.3 Å². The van der Waals surface area contributed by atoms with E-state index in [0.717, 1.165) is 60.9 Å². The number of hydrogen-bond acceptors (Lipinski definition) is 6. The fourth-order valence-corrected chi connectivity index (χ4v) is 6.99. The van der Waals surface area contributed by atoms with Gasteiger partial charge in [0.25, 0.3) is 0 Å². The molecule has 2 heterocycles. The maximum Gasteiger partial charge on any atom is 0.317 e. The number of aliphatic hydroxyl groups is 1. The first-order chi connectivity index (χ1) is 23.1. The van der Waals surface area contributed by atoms with Crippen LogP contribution in [-0.4, -0.2) is 48.1 Å². The number of nitrogens with zero attached hydrogens (tertiary/aromatic N) is 1. The van der Waals surface area contributed by atoms with Gasteiger partial charge in [0.05, 0.1) is 24.7 Å². The molecule has 3 atom stereocenters. The average molecular weight is 742 g/mol. The second-order valence-electron chi connectivity index (χ2n) is 15.8. The number of rotatable bonds is 12. The predicted octanol–water partition coefficient (Wildman–Crippen LogP) is 8.92. The van der Waals surface area contributed by atoms with Gasteiger partial charge in [-0.25, -0.2) is 0 Å². The largest absolute Gasteiger partial charge is 0.493 e. The lowest BCUT2D eigenvalue weighted by Crippen LogP contribution is -2.51. The number of carbonyl (C=O) groups is 1. The van der Waals surface area contributed by atoms with Crippen LogP contribution in [-0.2, 0) is 40.1 Å². The Hall–Kier alpha value is -2.68. The molecule has 0 saturated carbocycles. The molecule has 5 rings (SSSR count). The Bertz CT molecular complexity index is 1610. The molecule has 1 aromatic heterocycles. The van der Waals surface area contributed by atoms with Crippen molar-refractivity contribution in [3.05, 3.63) is 53.2 Å². The first-order valence-corrected chi connectivity index (χ1v) is 19.5. The highest BCUT2D eigenvalue weighted by atomic mass is 79.9. The number of aliphatic hydroxyl groups excluding tert-OH is 1. The fourth-order valence-electron chi connectivity index (χ4n) is 6.99. The molecule has 1 aliphatic heterocycles. The molecular formula is C41H59BrNO6+. The molecule has 0 bridgehead atoms. The van der Waals surface area contributed by atoms with E-state index in [4.69, 9.17) is 18.9 Å². The van der Waals surface area contributed by atoms with Gasteiger partial charge in [-0.3, -0.25) is 4.79 Å². The SMILES string of the molecule is CBr.COc1ccc2cc3[n+](cc2c1OCCCCCC(C)C(C)(C(=O)OC(C)(C)C)C(O)OC(C)(C)C)CCc1cc2c(cc1-3)CCC2. The van der Waals surface area contributed by atoms with E-state index in [1.807, 2.05) is 60.4 Å². The van der Waals surface area contributed by atoms with Crippen LogP contribution in [0.25, 0.3) is 22.0 Å². The van der Waals surface area contributed by atoms with Gasteiger partial charge in [-0.15, -0.1) is 0 Å². The molecule has 0 fully saturated rings. The van der Waals surface area contributed by atoms with Crippen molar-refractivity contribution in [1.29, 1.82) is 0 Å². The van der Waals surface area contributed by atoms with Crippen LogP contribution in [0.2, 0.25) is 0 Å². The summed E-state index contributed by atoms with van der Waals surface area (Å²) in [6.45, 7) is 16.4. The maximum absolute atomic E-state index is 13.4. The minimum absolute atomic E-state index is 0.164. The molecule has 0 saturated heterocycles. The molecule has 0 amide bonds. The minimum Gasteiger partial charge on any atom is -0.493 e. The van der Waals surface area contributed by atoms with Crippen LogP contribution in [0.4, 0.5) is 0 Å². The Morgan fingerprint density at radius 2 is 1.61 bits per heavy atom. The first kappa shape index (κ1) is 39.1. The summed E-state index contributed by atoms with van der Waals surface area (Å²) in [5.74, 6) is 2.73. The molecule has 49 heavy (non-hydrogen) atoms. The van der Waals surface area contributed by atoms with Crippen molar-refractivity contribution in [1.82, 2.24) is 0 Å². The topological polar surface area (TPSA) is 78.1 Å². The van der Waals surface area contributed by atoms with Crippen LogP contribution in [0.15, 0.2) is 36.5 Å². The number of esters is 1. The van der Waals surface area contributed by atoms with Crippen molar-refractivity contribution >= 4 is 32.7 Å². The van der Waals surface area contributed by atoms with Crippen molar-refractivity contribution in [2.75, 3.05) is 19.5 Å². The van der Waals surface area contributed by atoms with E-state index in [0.29, 0.717) is 6.61 Å². The molecule has 3 aromatic rings. The highest BCUT2D eigenvalue weighted by molar-refractivity contribution is 9.08. The minimum atomic E-state index is -1.28. The summed E-state index contributed by atoms with van der Waals surface area (Å²) in [6.07, 6.45) is 9.04. The average Bonchev–Trinajstić information content (AvgIpc) is 3.50. The van der Waals surface area contributed by atoms with Crippen molar-refractivity contribution in [3.63, 3.8) is 0 Å². The highest BCUT2D eigenvalue weighted by Gasteiger charge is 2.49.